The smallest absolute Gasteiger partial charge is 0 e. The molecule has 0 saturated carbocycles. The SMILES string of the molecule is C1=CC(c2ccccc2)=C(c2cccc3c2[cH-]c2ccccc23)C1.[Cl-].[Cl-].[Hf]. The Labute approximate surface area is 190 Å². The Morgan fingerprint density at radius 2 is 1.41 bits per heavy atom. The van der Waals surface area contributed by atoms with Crippen LogP contribution < -0.4 is 24.8 Å². The fraction of sp³-hybridized carbons (Fsp3) is 0.0417. The van der Waals surface area contributed by atoms with Gasteiger partial charge in [0.1, 0.15) is 0 Å². The molecule has 0 amide bonds. The minimum atomic E-state index is 0. The van der Waals surface area contributed by atoms with E-state index in [0.717, 1.165) is 6.42 Å². The van der Waals surface area contributed by atoms with Gasteiger partial charge in [0.05, 0.1) is 0 Å². The summed E-state index contributed by atoms with van der Waals surface area (Å²) in [5.74, 6) is 0. The van der Waals surface area contributed by atoms with Crippen LogP contribution in [0.2, 0.25) is 0 Å². The van der Waals surface area contributed by atoms with Crippen molar-refractivity contribution in [2.75, 3.05) is 0 Å². The number of benzene rings is 3. The van der Waals surface area contributed by atoms with Crippen molar-refractivity contribution >= 4 is 32.7 Å². The van der Waals surface area contributed by atoms with Gasteiger partial charge in [0.2, 0.25) is 0 Å². The molecular weight excluding hydrogens is 538 g/mol. The van der Waals surface area contributed by atoms with Crippen molar-refractivity contribution < 1.29 is 50.7 Å². The Kier molecular flexibility index (Phi) is 7.33. The van der Waals surface area contributed by atoms with Gasteiger partial charge in [0.25, 0.3) is 0 Å². The molecule has 27 heavy (non-hydrogen) atoms. The third-order valence-electron chi connectivity index (χ3n) is 5.00. The molecule has 0 saturated heterocycles. The second kappa shape index (κ2) is 9.10. The number of halogens is 2. The normalized spacial score (nSPS) is 12.6. The number of allylic oxidation sites excluding steroid dienone is 4. The third-order valence-corrected chi connectivity index (χ3v) is 5.00. The average molecular weight is 555 g/mol. The van der Waals surface area contributed by atoms with Gasteiger partial charge in [-0.15, -0.1) is 33.7 Å². The summed E-state index contributed by atoms with van der Waals surface area (Å²) in [6.45, 7) is 0. The van der Waals surface area contributed by atoms with E-state index in [9.17, 15) is 0 Å². The van der Waals surface area contributed by atoms with E-state index in [4.69, 9.17) is 0 Å². The second-order valence-corrected chi connectivity index (χ2v) is 6.36. The van der Waals surface area contributed by atoms with Crippen molar-refractivity contribution in [1.82, 2.24) is 0 Å². The van der Waals surface area contributed by atoms with Crippen LogP contribution in [-0.2, 0) is 25.8 Å². The summed E-state index contributed by atoms with van der Waals surface area (Å²) < 4.78 is 0. The Hall–Kier alpha value is -1.54. The first kappa shape index (κ1) is 21.8. The average Bonchev–Trinajstić information content (AvgIpc) is 3.27. The minimum Gasteiger partial charge on any atom is -1.00 e. The van der Waals surface area contributed by atoms with Crippen LogP contribution in [0, 0.1) is 0 Å². The van der Waals surface area contributed by atoms with Gasteiger partial charge >= 0.3 is 0 Å². The van der Waals surface area contributed by atoms with Crippen molar-refractivity contribution in [2.45, 2.75) is 6.42 Å². The number of fused-ring (bicyclic) bond motifs is 3. The van der Waals surface area contributed by atoms with Crippen LogP contribution >= 0.6 is 0 Å². The molecule has 0 radical (unpaired) electrons. The summed E-state index contributed by atoms with van der Waals surface area (Å²) in [4.78, 5) is 0. The maximum atomic E-state index is 2.34. The molecule has 0 fully saturated rings. The van der Waals surface area contributed by atoms with E-state index < -0.39 is 0 Å². The molecule has 0 heterocycles. The van der Waals surface area contributed by atoms with Crippen LogP contribution in [0.1, 0.15) is 17.5 Å². The van der Waals surface area contributed by atoms with Gasteiger partial charge in [-0.25, -0.2) is 0 Å². The van der Waals surface area contributed by atoms with Gasteiger partial charge in [-0.3, -0.25) is 0 Å². The zero-order valence-electron chi connectivity index (χ0n) is 14.6. The van der Waals surface area contributed by atoms with Crippen LogP contribution in [0.15, 0.2) is 91.0 Å². The van der Waals surface area contributed by atoms with Crippen molar-refractivity contribution in [3.05, 3.63) is 102 Å². The Balaban J connectivity index is 0.000000871. The summed E-state index contributed by atoms with van der Waals surface area (Å²) >= 11 is 0. The fourth-order valence-electron chi connectivity index (χ4n) is 3.89. The fourth-order valence-corrected chi connectivity index (χ4v) is 3.89. The zero-order valence-corrected chi connectivity index (χ0v) is 19.7. The number of rotatable bonds is 2. The molecule has 0 N–H and O–H groups in total. The van der Waals surface area contributed by atoms with Crippen molar-refractivity contribution in [3.8, 4) is 0 Å². The van der Waals surface area contributed by atoms with Crippen LogP contribution in [-0.4, -0.2) is 0 Å². The molecule has 4 aromatic rings. The monoisotopic (exact) mass is 555 g/mol. The molecule has 0 unspecified atom stereocenters. The molecule has 1 aliphatic carbocycles. The number of hydrogen-bond acceptors (Lipinski definition) is 0. The summed E-state index contributed by atoms with van der Waals surface area (Å²) in [6, 6.07) is 28.4. The second-order valence-electron chi connectivity index (χ2n) is 6.36. The van der Waals surface area contributed by atoms with Crippen molar-refractivity contribution in [1.29, 1.82) is 0 Å². The molecule has 0 aliphatic heterocycles. The molecule has 5 rings (SSSR count). The minimum absolute atomic E-state index is 0. The summed E-state index contributed by atoms with van der Waals surface area (Å²) in [5.41, 5.74) is 5.46. The molecule has 0 spiro atoms. The van der Waals surface area contributed by atoms with Crippen LogP contribution in [0.5, 0.6) is 0 Å². The Bertz CT molecular complexity index is 1120. The van der Waals surface area contributed by atoms with Gasteiger partial charge in [-0.2, -0.15) is 0 Å². The molecule has 134 valence electrons. The van der Waals surface area contributed by atoms with E-state index in [-0.39, 0.29) is 50.7 Å². The first-order valence-electron chi connectivity index (χ1n) is 8.44. The van der Waals surface area contributed by atoms with Crippen LogP contribution in [0.3, 0.4) is 0 Å². The summed E-state index contributed by atoms with van der Waals surface area (Å²) in [5, 5.41) is 5.40. The molecule has 0 atom stereocenters. The Morgan fingerprint density at radius 3 is 2.22 bits per heavy atom. The standard InChI is InChI=1S/C24H17.2ClH.Hf/c1-2-8-17(9-3-1)19-12-6-13-21(19)23-15-7-14-22-20-11-5-4-10-18(20)16-24(22)23;;;/h1-12,14-16H,13H2;2*1H;/q-1;;;/p-2. The largest absolute Gasteiger partial charge is 1.00 e. The van der Waals surface area contributed by atoms with E-state index in [0.29, 0.717) is 0 Å². The van der Waals surface area contributed by atoms with Crippen LogP contribution in [0.4, 0.5) is 0 Å². The summed E-state index contributed by atoms with van der Waals surface area (Å²) in [6.07, 6.45) is 5.55. The zero-order chi connectivity index (χ0) is 15.9. The topological polar surface area (TPSA) is 0 Å². The van der Waals surface area contributed by atoms with Gasteiger partial charge in [0, 0.05) is 25.8 Å². The molecular formula is C24H17Cl2Hf-3. The predicted molar refractivity (Wildman–Crippen MR) is 104 cm³/mol. The van der Waals surface area contributed by atoms with E-state index >= 15 is 0 Å². The predicted octanol–water partition coefficient (Wildman–Crippen LogP) is 0.588. The van der Waals surface area contributed by atoms with Gasteiger partial charge in [-0.1, -0.05) is 90.0 Å². The van der Waals surface area contributed by atoms with Crippen molar-refractivity contribution in [3.63, 3.8) is 0 Å². The molecule has 4 aromatic carbocycles. The quantitative estimate of drug-likeness (QED) is 0.252. The Morgan fingerprint density at radius 1 is 0.704 bits per heavy atom. The third kappa shape index (κ3) is 3.74. The molecule has 3 heteroatoms. The summed E-state index contributed by atoms with van der Waals surface area (Å²) in [7, 11) is 0. The van der Waals surface area contributed by atoms with E-state index in [1.54, 1.807) is 0 Å². The first-order valence-corrected chi connectivity index (χ1v) is 8.44. The van der Waals surface area contributed by atoms with E-state index in [2.05, 4.69) is 91.0 Å². The maximum absolute atomic E-state index is 2.34. The number of hydrogen-bond donors (Lipinski definition) is 0. The molecule has 0 aromatic heterocycles. The van der Waals surface area contributed by atoms with Gasteiger partial charge < -0.3 is 24.8 Å². The van der Waals surface area contributed by atoms with Crippen molar-refractivity contribution in [2.24, 2.45) is 0 Å². The van der Waals surface area contributed by atoms with Crippen LogP contribution in [0.25, 0.3) is 32.7 Å². The molecule has 0 nitrogen and oxygen atoms in total. The van der Waals surface area contributed by atoms with Gasteiger partial charge in [-0.05, 0) is 17.6 Å². The van der Waals surface area contributed by atoms with E-state index in [1.165, 1.54) is 43.8 Å². The van der Waals surface area contributed by atoms with E-state index in [1.807, 2.05) is 0 Å². The maximum Gasteiger partial charge on any atom is 0 e. The van der Waals surface area contributed by atoms with Gasteiger partial charge in [0.15, 0.2) is 0 Å². The molecule has 0 bridgehead atoms. The molecule has 1 aliphatic rings. The first-order chi connectivity index (χ1) is 11.9.